The Bertz CT molecular complexity index is 875. The first-order valence-electron chi connectivity index (χ1n) is 9.15. The molecule has 4 rings (SSSR count). The van der Waals surface area contributed by atoms with Gasteiger partial charge in [-0.2, -0.15) is 0 Å². The second kappa shape index (κ2) is 8.24. The molecule has 0 fully saturated rings. The van der Waals surface area contributed by atoms with Crippen LogP contribution in [-0.2, 0) is 0 Å². The first-order valence-corrected chi connectivity index (χ1v) is 10.6. The predicted molar refractivity (Wildman–Crippen MR) is 115 cm³/mol. The van der Waals surface area contributed by atoms with Gasteiger partial charge < -0.3 is 0 Å². The van der Waals surface area contributed by atoms with Crippen LogP contribution in [0, 0.1) is 0 Å². The molecule has 3 aromatic rings. The average Bonchev–Trinajstić information content (AvgIpc) is 3.13. The van der Waals surface area contributed by atoms with Gasteiger partial charge in [0.05, 0.1) is 0 Å². The molecule has 0 radical (unpaired) electrons. The van der Waals surface area contributed by atoms with Gasteiger partial charge in [0, 0.05) is 0 Å². The van der Waals surface area contributed by atoms with Crippen LogP contribution in [0.25, 0.3) is 0 Å². The maximum absolute atomic E-state index is 2.31. The summed E-state index contributed by atoms with van der Waals surface area (Å²) in [4.78, 5) is 0. The van der Waals surface area contributed by atoms with Crippen molar-refractivity contribution in [2.45, 2.75) is 12.1 Å². The predicted octanol–water partition coefficient (Wildman–Crippen LogP) is 5.24. The zero-order valence-corrected chi connectivity index (χ0v) is 15.9. The van der Waals surface area contributed by atoms with Crippen molar-refractivity contribution in [3.05, 3.63) is 119 Å². The number of allylic oxidation sites excluding steroid dienone is 4. The minimum atomic E-state index is -0.526. The Morgan fingerprint density at radius 2 is 1.19 bits per heavy atom. The van der Waals surface area contributed by atoms with E-state index < -0.39 is 7.92 Å². The Labute approximate surface area is 166 Å². The molecule has 0 nitrogen and oxygen atoms in total. The van der Waals surface area contributed by atoms with Crippen molar-refractivity contribution < 1.29 is 0 Å². The van der Waals surface area contributed by atoms with Crippen LogP contribution in [0.5, 0.6) is 0 Å². The van der Waals surface area contributed by atoms with Crippen LogP contribution in [0.3, 0.4) is 0 Å². The van der Waals surface area contributed by atoms with E-state index in [-0.39, 0.29) is 0 Å². The van der Waals surface area contributed by atoms with E-state index in [0.29, 0.717) is 5.66 Å². The molecular weight excluding hydrogens is 326 g/mol. The molecule has 1 aliphatic carbocycles. The molecule has 0 bridgehead atoms. The first kappa shape index (κ1) is 17.6. The van der Waals surface area contributed by atoms with Crippen molar-refractivity contribution >= 4 is 36.2 Å². The summed E-state index contributed by atoms with van der Waals surface area (Å²) in [6.45, 7) is 0. The summed E-state index contributed by atoms with van der Waals surface area (Å²) < 4.78 is 1.43. The molecule has 1 atom stereocenters. The molecule has 0 aromatic heterocycles. The molecule has 1 aliphatic rings. The summed E-state index contributed by atoms with van der Waals surface area (Å²) in [7, 11) is -0.526. The summed E-state index contributed by atoms with van der Waals surface area (Å²) in [5, 5.41) is 2.88. The van der Waals surface area contributed by atoms with Crippen LogP contribution in [0.4, 0.5) is 0 Å². The third kappa shape index (κ3) is 3.65. The standard InChI is InChI=1S/C24H20P.Li/c1-4-12-20(13-5-1)24(21-14-10-11-15-21)25(22-16-6-2-7-17-22)23-18-8-3-9-19-23;/h1-13,16-19,24H,14H2;. The molecule has 0 spiro atoms. The van der Waals surface area contributed by atoms with Gasteiger partial charge in [0.2, 0.25) is 0 Å². The van der Waals surface area contributed by atoms with E-state index in [2.05, 4.69) is 121 Å². The van der Waals surface area contributed by atoms with Crippen molar-refractivity contribution in [1.82, 2.24) is 0 Å². The monoisotopic (exact) mass is 346 g/mol. The zero-order valence-electron chi connectivity index (χ0n) is 15.0. The summed E-state index contributed by atoms with van der Waals surface area (Å²) in [6.07, 6.45) is 5.66. The van der Waals surface area contributed by atoms with E-state index in [0.717, 1.165) is 6.42 Å². The van der Waals surface area contributed by atoms with E-state index in [9.17, 15) is 0 Å². The summed E-state index contributed by atoms with van der Waals surface area (Å²) >= 11 is 2.26. The van der Waals surface area contributed by atoms with Gasteiger partial charge in [0.1, 0.15) is 0 Å². The SMILES string of the molecule is [Li][C]1=C(C(c2ccccc2)P(c2ccccc2)c2ccccc2)CC=C1. The van der Waals surface area contributed by atoms with E-state index in [1.807, 2.05) is 0 Å². The fourth-order valence-electron chi connectivity index (χ4n) is 3.72. The summed E-state index contributed by atoms with van der Waals surface area (Å²) in [6, 6.07) is 33.1. The molecule has 0 N–H and O–H groups in total. The fourth-order valence-corrected chi connectivity index (χ4v) is 6.70. The average molecular weight is 346 g/mol. The molecular formula is C24H20LiP. The summed E-state index contributed by atoms with van der Waals surface area (Å²) in [5.74, 6) is 0. The Kier molecular flexibility index (Phi) is 5.57. The van der Waals surface area contributed by atoms with Crippen LogP contribution in [-0.4, -0.2) is 17.7 Å². The van der Waals surface area contributed by atoms with Gasteiger partial charge in [-0.3, -0.25) is 0 Å². The molecule has 2 heteroatoms. The van der Waals surface area contributed by atoms with Gasteiger partial charge in [0.15, 0.2) is 0 Å². The van der Waals surface area contributed by atoms with Crippen molar-refractivity contribution in [1.29, 1.82) is 0 Å². The number of benzene rings is 3. The first-order chi connectivity index (χ1) is 12.8. The molecule has 0 heterocycles. The molecule has 0 amide bonds. The molecule has 0 saturated heterocycles. The molecule has 1 unspecified atom stereocenters. The Morgan fingerprint density at radius 3 is 1.65 bits per heavy atom. The molecule has 3 aromatic carbocycles. The molecule has 0 saturated carbocycles. The topological polar surface area (TPSA) is 0 Å². The van der Waals surface area contributed by atoms with Gasteiger partial charge in [-0.25, -0.2) is 0 Å². The van der Waals surface area contributed by atoms with Gasteiger partial charge in [-0.05, 0) is 0 Å². The van der Waals surface area contributed by atoms with Crippen molar-refractivity contribution in [3.8, 4) is 0 Å². The van der Waals surface area contributed by atoms with Crippen LogP contribution in [0.1, 0.15) is 17.6 Å². The fraction of sp³-hybridized carbons (Fsp3) is 0.0833. The number of rotatable bonds is 5. The van der Waals surface area contributed by atoms with Crippen LogP contribution < -0.4 is 10.6 Å². The normalized spacial score (nSPS) is 14.9. The quantitative estimate of drug-likeness (QED) is 0.438. The van der Waals surface area contributed by atoms with E-state index in [1.165, 1.54) is 20.4 Å². The van der Waals surface area contributed by atoms with Crippen molar-refractivity contribution in [2.24, 2.45) is 0 Å². The van der Waals surface area contributed by atoms with Crippen LogP contribution in [0.15, 0.2) is 113 Å². The molecule has 0 aliphatic heterocycles. The minimum absolute atomic E-state index is 0.408. The van der Waals surface area contributed by atoms with Gasteiger partial charge in [0.25, 0.3) is 0 Å². The Balaban J connectivity index is 1.91. The second-order valence-corrected chi connectivity index (χ2v) is 8.96. The van der Waals surface area contributed by atoms with Gasteiger partial charge in [-0.1, -0.05) is 0 Å². The van der Waals surface area contributed by atoms with Gasteiger partial charge in [-0.15, -0.1) is 0 Å². The van der Waals surface area contributed by atoms with Gasteiger partial charge >= 0.3 is 167 Å². The summed E-state index contributed by atoms with van der Waals surface area (Å²) in [5.41, 5.74) is 3.39. The third-order valence-corrected chi connectivity index (χ3v) is 7.82. The maximum atomic E-state index is 2.31. The number of hydrogen-bond acceptors (Lipinski definition) is 0. The third-order valence-electron chi connectivity index (χ3n) is 4.98. The number of hydrogen-bond donors (Lipinski definition) is 0. The van der Waals surface area contributed by atoms with E-state index in [1.54, 1.807) is 5.57 Å². The zero-order chi connectivity index (χ0) is 17.8. The van der Waals surface area contributed by atoms with E-state index in [4.69, 9.17) is 0 Å². The van der Waals surface area contributed by atoms with E-state index >= 15 is 0 Å². The van der Waals surface area contributed by atoms with Crippen molar-refractivity contribution in [2.75, 3.05) is 0 Å². The second-order valence-electron chi connectivity index (χ2n) is 6.67. The Morgan fingerprint density at radius 1 is 0.692 bits per heavy atom. The Hall–Kier alpha value is -1.83. The van der Waals surface area contributed by atoms with Crippen LogP contribution in [0.2, 0.25) is 0 Å². The molecule has 26 heavy (non-hydrogen) atoms. The van der Waals surface area contributed by atoms with Crippen molar-refractivity contribution in [3.63, 3.8) is 0 Å². The molecule has 122 valence electrons. The van der Waals surface area contributed by atoms with Crippen LogP contribution >= 0.6 is 7.92 Å².